The lowest BCUT2D eigenvalue weighted by atomic mass is 10.1. The third-order valence-electron chi connectivity index (χ3n) is 5.29. The highest BCUT2D eigenvalue weighted by Crippen LogP contribution is 2.37. The Hall–Kier alpha value is -3.42. The molecule has 2 aromatic heterocycles. The summed E-state index contributed by atoms with van der Waals surface area (Å²) in [5.41, 5.74) is 0.875. The van der Waals surface area contributed by atoms with Gasteiger partial charge >= 0.3 is 0 Å². The Kier molecular flexibility index (Phi) is 5.63. The first-order chi connectivity index (χ1) is 14.8. The van der Waals surface area contributed by atoms with E-state index in [9.17, 15) is 9.18 Å². The fourth-order valence-electron chi connectivity index (χ4n) is 3.59. The van der Waals surface area contributed by atoms with Crippen LogP contribution in [0.4, 0.5) is 15.9 Å². The Bertz CT molecular complexity index is 1070. The van der Waals surface area contributed by atoms with Crippen molar-refractivity contribution in [3.05, 3.63) is 60.4 Å². The zero-order valence-corrected chi connectivity index (χ0v) is 17.8. The van der Waals surface area contributed by atoms with Gasteiger partial charge in [-0.05, 0) is 6.92 Å². The number of hydrogen-bond donors (Lipinski definition) is 1. The van der Waals surface area contributed by atoms with E-state index < -0.39 is 5.67 Å². The first kappa shape index (κ1) is 20.8. The van der Waals surface area contributed by atoms with Gasteiger partial charge in [-0.15, -0.1) is 0 Å². The van der Waals surface area contributed by atoms with Gasteiger partial charge in [0.1, 0.15) is 23.5 Å². The number of alkyl halides is 1. The van der Waals surface area contributed by atoms with Crippen LogP contribution in [0.5, 0.6) is 0 Å². The highest BCUT2D eigenvalue weighted by molar-refractivity contribution is 6.07. The summed E-state index contributed by atoms with van der Waals surface area (Å²) in [6.45, 7) is 6.27. The van der Waals surface area contributed by atoms with Gasteiger partial charge in [-0.2, -0.15) is 0 Å². The first-order valence-corrected chi connectivity index (χ1v) is 10.3. The third kappa shape index (κ3) is 4.52. The number of nitrogens with one attached hydrogen (secondary N) is 1. The van der Waals surface area contributed by atoms with Gasteiger partial charge in [0.25, 0.3) is 5.91 Å². The average molecular weight is 420 g/mol. The number of benzene rings is 1. The lowest BCUT2D eigenvalue weighted by molar-refractivity contribution is 0.102. The molecule has 1 atom stereocenters. The van der Waals surface area contributed by atoms with Gasteiger partial charge in [-0.1, -0.05) is 44.2 Å². The van der Waals surface area contributed by atoms with Crippen molar-refractivity contribution >= 4 is 17.4 Å². The van der Waals surface area contributed by atoms with Crippen molar-refractivity contribution < 1.29 is 9.18 Å². The van der Waals surface area contributed by atoms with Crippen LogP contribution in [-0.2, 0) is 0 Å². The number of halogens is 1. The van der Waals surface area contributed by atoms with Crippen LogP contribution in [0.15, 0.2) is 49.1 Å². The molecule has 7 nitrogen and oxygen atoms in total. The SMILES string of the molecule is CC(C)c1ncc(C(=O)Nc2c(-c3ccccc3)ncnc2N2CCC(C)(F)C2)cn1. The van der Waals surface area contributed by atoms with Crippen LogP contribution in [-0.4, -0.2) is 44.6 Å². The van der Waals surface area contributed by atoms with Crippen molar-refractivity contribution in [1.29, 1.82) is 0 Å². The monoisotopic (exact) mass is 420 g/mol. The van der Waals surface area contributed by atoms with E-state index in [0.29, 0.717) is 41.6 Å². The van der Waals surface area contributed by atoms with Crippen LogP contribution < -0.4 is 10.2 Å². The summed E-state index contributed by atoms with van der Waals surface area (Å²) in [6.07, 6.45) is 4.87. The number of amides is 1. The minimum atomic E-state index is -1.31. The minimum absolute atomic E-state index is 0.168. The molecule has 0 saturated carbocycles. The smallest absolute Gasteiger partial charge is 0.258 e. The third-order valence-corrected chi connectivity index (χ3v) is 5.29. The van der Waals surface area contributed by atoms with Crippen molar-refractivity contribution in [2.45, 2.75) is 38.8 Å². The first-order valence-electron chi connectivity index (χ1n) is 10.3. The summed E-state index contributed by atoms with van der Waals surface area (Å²) in [4.78, 5) is 32.3. The largest absolute Gasteiger partial charge is 0.351 e. The molecule has 1 amide bonds. The molecule has 1 aromatic carbocycles. The second-order valence-corrected chi connectivity index (χ2v) is 8.31. The van der Waals surface area contributed by atoms with Crippen LogP contribution in [0.1, 0.15) is 49.3 Å². The Morgan fingerprint density at radius 2 is 1.84 bits per heavy atom. The van der Waals surface area contributed by atoms with Crippen molar-refractivity contribution in [3.63, 3.8) is 0 Å². The van der Waals surface area contributed by atoms with Crippen LogP contribution in [0.25, 0.3) is 11.3 Å². The van der Waals surface area contributed by atoms with Gasteiger partial charge in [0.2, 0.25) is 0 Å². The maximum Gasteiger partial charge on any atom is 0.258 e. The zero-order valence-electron chi connectivity index (χ0n) is 17.8. The molecule has 8 heteroatoms. The molecule has 1 aliphatic heterocycles. The highest BCUT2D eigenvalue weighted by Gasteiger charge is 2.36. The topological polar surface area (TPSA) is 83.9 Å². The van der Waals surface area contributed by atoms with Gasteiger partial charge in [-0.3, -0.25) is 4.79 Å². The van der Waals surface area contributed by atoms with E-state index in [1.807, 2.05) is 49.1 Å². The molecule has 3 heterocycles. The summed E-state index contributed by atoms with van der Waals surface area (Å²) in [6, 6.07) is 9.52. The summed E-state index contributed by atoms with van der Waals surface area (Å²) >= 11 is 0. The molecule has 0 bridgehead atoms. The number of rotatable bonds is 5. The van der Waals surface area contributed by atoms with Crippen LogP contribution in [0.2, 0.25) is 0 Å². The molecule has 3 aromatic rings. The number of carbonyl (C=O) groups excluding carboxylic acids is 1. The maximum atomic E-state index is 14.5. The van der Waals surface area contributed by atoms with Crippen molar-refractivity contribution in [3.8, 4) is 11.3 Å². The Morgan fingerprint density at radius 1 is 1.13 bits per heavy atom. The van der Waals surface area contributed by atoms with E-state index in [0.717, 1.165) is 5.56 Å². The molecule has 1 aliphatic rings. The fraction of sp³-hybridized carbons (Fsp3) is 0.348. The molecule has 0 aliphatic carbocycles. The Balaban J connectivity index is 1.72. The molecule has 1 saturated heterocycles. The van der Waals surface area contributed by atoms with Gasteiger partial charge in [0.05, 0.1) is 17.8 Å². The standard InChI is InChI=1S/C23H25FN6O/c1-15(2)20-25-11-17(12-26-20)22(31)29-19-18(16-7-5-4-6-8-16)27-14-28-21(19)30-10-9-23(3,24)13-30/h4-8,11-12,14-15H,9-10,13H2,1-3H3,(H,29,31). The Morgan fingerprint density at radius 3 is 2.45 bits per heavy atom. The predicted octanol–water partition coefficient (Wildman–Crippen LogP) is 4.25. The van der Waals surface area contributed by atoms with Crippen molar-refractivity contribution in [1.82, 2.24) is 19.9 Å². The Labute approximate surface area is 180 Å². The molecule has 0 radical (unpaired) electrons. The number of hydrogen-bond acceptors (Lipinski definition) is 6. The predicted molar refractivity (Wildman–Crippen MR) is 118 cm³/mol. The van der Waals surface area contributed by atoms with E-state index in [-0.39, 0.29) is 18.4 Å². The van der Waals surface area contributed by atoms with Gasteiger partial charge < -0.3 is 10.2 Å². The molecule has 0 spiro atoms. The number of aromatic nitrogens is 4. The second kappa shape index (κ2) is 8.37. The molecular weight excluding hydrogens is 395 g/mol. The summed E-state index contributed by atoms with van der Waals surface area (Å²) in [7, 11) is 0. The quantitative estimate of drug-likeness (QED) is 0.664. The molecular formula is C23H25FN6O. The van der Waals surface area contributed by atoms with Crippen molar-refractivity contribution in [2.75, 3.05) is 23.3 Å². The summed E-state index contributed by atoms with van der Waals surface area (Å²) in [5, 5.41) is 2.94. The van der Waals surface area contributed by atoms with Crippen LogP contribution in [0.3, 0.4) is 0 Å². The lowest BCUT2D eigenvalue weighted by Gasteiger charge is -2.23. The second-order valence-electron chi connectivity index (χ2n) is 8.31. The molecule has 4 rings (SSSR count). The summed E-state index contributed by atoms with van der Waals surface area (Å²) in [5.74, 6) is 0.972. The van der Waals surface area contributed by atoms with Crippen LogP contribution >= 0.6 is 0 Å². The zero-order chi connectivity index (χ0) is 22.0. The summed E-state index contributed by atoms with van der Waals surface area (Å²) < 4.78 is 14.5. The van der Waals surface area contributed by atoms with Gasteiger partial charge in [-0.25, -0.2) is 24.3 Å². The molecule has 1 unspecified atom stereocenters. The molecule has 160 valence electrons. The highest BCUT2D eigenvalue weighted by atomic mass is 19.1. The molecule has 31 heavy (non-hydrogen) atoms. The number of nitrogens with zero attached hydrogens (tertiary/aromatic N) is 5. The van der Waals surface area contributed by atoms with E-state index in [1.54, 1.807) is 6.92 Å². The van der Waals surface area contributed by atoms with Crippen LogP contribution in [0, 0.1) is 0 Å². The maximum absolute atomic E-state index is 14.5. The van der Waals surface area contributed by atoms with E-state index >= 15 is 0 Å². The van der Waals surface area contributed by atoms with Gasteiger partial charge in [0, 0.05) is 36.8 Å². The number of carbonyl (C=O) groups is 1. The van der Waals surface area contributed by atoms with E-state index in [2.05, 4.69) is 25.3 Å². The molecule has 1 fully saturated rings. The fourth-order valence-corrected chi connectivity index (χ4v) is 3.59. The van der Waals surface area contributed by atoms with Crippen molar-refractivity contribution in [2.24, 2.45) is 0 Å². The molecule has 1 N–H and O–H groups in total. The number of anilines is 2. The van der Waals surface area contributed by atoms with Gasteiger partial charge in [0.15, 0.2) is 5.82 Å². The lowest BCUT2D eigenvalue weighted by Crippen LogP contribution is -2.28. The normalized spacial score (nSPS) is 18.4. The minimum Gasteiger partial charge on any atom is -0.351 e. The average Bonchev–Trinajstić information content (AvgIpc) is 3.14. The van der Waals surface area contributed by atoms with E-state index in [1.165, 1.54) is 18.7 Å². The van der Waals surface area contributed by atoms with E-state index in [4.69, 9.17) is 0 Å².